The lowest BCUT2D eigenvalue weighted by atomic mass is 10.0. The van der Waals surface area contributed by atoms with Gasteiger partial charge in [-0.05, 0) is 53.7 Å². The van der Waals surface area contributed by atoms with E-state index < -0.39 is 23.4 Å². The van der Waals surface area contributed by atoms with E-state index in [1.54, 1.807) is 53.7 Å². The minimum absolute atomic E-state index is 0.0187. The minimum Gasteiger partial charge on any atom is -0.443 e. The number of nitrogens with one attached hydrogen (secondary N) is 1. The number of anilines is 2. The van der Waals surface area contributed by atoms with E-state index in [1.807, 2.05) is 42.5 Å². The van der Waals surface area contributed by atoms with Gasteiger partial charge in [-0.2, -0.15) is 0 Å². The second-order valence-electron chi connectivity index (χ2n) is 9.57. The lowest BCUT2D eigenvalue weighted by Crippen LogP contribution is -2.44. The molecule has 0 radical (unpaired) electrons. The summed E-state index contributed by atoms with van der Waals surface area (Å²) in [6.45, 7) is 10.3. The van der Waals surface area contributed by atoms with Crippen molar-refractivity contribution in [2.24, 2.45) is 0 Å². The van der Waals surface area contributed by atoms with Gasteiger partial charge in [0.2, 0.25) is 5.95 Å². The van der Waals surface area contributed by atoms with E-state index in [0.717, 1.165) is 16.0 Å². The fraction of sp³-hybridized carbons (Fsp3) is 0.320. The predicted octanol–water partition coefficient (Wildman–Crippen LogP) is 6.00. The van der Waals surface area contributed by atoms with E-state index in [1.165, 1.54) is 0 Å². The first kappa shape index (κ1) is 23.8. The van der Waals surface area contributed by atoms with Gasteiger partial charge in [0.05, 0.1) is 11.4 Å². The molecule has 174 valence electrons. The van der Waals surface area contributed by atoms with Crippen LogP contribution in [-0.4, -0.2) is 33.4 Å². The van der Waals surface area contributed by atoms with Crippen LogP contribution in [0.3, 0.4) is 0 Å². The highest BCUT2D eigenvalue weighted by atomic mass is 16.6. The van der Waals surface area contributed by atoms with Gasteiger partial charge in [-0.15, -0.1) is 4.90 Å². The highest BCUT2D eigenvalue weighted by Crippen LogP contribution is 2.34. The summed E-state index contributed by atoms with van der Waals surface area (Å²) in [4.78, 5) is 34.6. The molecule has 1 heterocycles. The van der Waals surface area contributed by atoms with E-state index in [0.29, 0.717) is 17.1 Å². The van der Waals surface area contributed by atoms with Crippen LogP contribution in [0.5, 0.6) is 0 Å². The SMILES string of the molecule is CC(C)(C)OC(=O)N(C(=O)OC(C)(C)C)c1nc(-c2cccc(N)c2)c(-c2ccccc2)[nH]1. The number of rotatable bonds is 3. The van der Waals surface area contributed by atoms with E-state index in [2.05, 4.69) is 9.97 Å². The van der Waals surface area contributed by atoms with Crippen molar-refractivity contribution in [2.45, 2.75) is 52.7 Å². The van der Waals surface area contributed by atoms with E-state index >= 15 is 0 Å². The van der Waals surface area contributed by atoms with Gasteiger partial charge >= 0.3 is 12.2 Å². The Kier molecular flexibility index (Phi) is 6.48. The summed E-state index contributed by atoms with van der Waals surface area (Å²) in [7, 11) is 0. The number of benzene rings is 2. The third kappa shape index (κ3) is 6.12. The molecule has 0 saturated heterocycles. The largest absolute Gasteiger partial charge is 0.443 e. The number of hydrogen-bond acceptors (Lipinski definition) is 6. The van der Waals surface area contributed by atoms with Crippen molar-refractivity contribution in [1.29, 1.82) is 0 Å². The number of nitrogens with zero attached hydrogens (tertiary/aromatic N) is 2. The number of aromatic nitrogens is 2. The summed E-state index contributed by atoms with van der Waals surface area (Å²) in [5.41, 5.74) is 7.59. The topological polar surface area (TPSA) is 111 Å². The molecule has 8 nitrogen and oxygen atoms in total. The Morgan fingerprint density at radius 3 is 1.91 bits per heavy atom. The lowest BCUT2D eigenvalue weighted by Gasteiger charge is -2.27. The quantitative estimate of drug-likeness (QED) is 0.473. The van der Waals surface area contributed by atoms with Gasteiger partial charge in [0, 0.05) is 16.8 Å². The molecule has 33 heavy (non-hydrogen) atoms. The second kappa shape index (κ2) is 8.97. The highest BCUT2D eigenvalue weighted by Gasteiger charge is 2.35. The third-order valence-corrected chi connectivity index (χ3v) is 4.28. The number of carbonyl (C=O) groups excluding carboxylic acids is 2. The summed E-state index contributed by atoms with van der Waals surface area (Å²) in [6.07, 6.45) is -1.80. The van der Waals surface area contributed by atoms with Crippen LogP contribution in [0.2, 0.25) is 0 Å². The Morgan fingerprint density at radius 2 is 1.39 bits per heavy atom. The van der Waals surface area contributed by atoms with Crippen LogP contribution in [0, 0.1) is 0 Å². The molecule has 0 aliphatic rings. The van der Waals surface area contributed by atoms with Crippen LogP contribution in [0.4, 0.5) is 21.2 Å². The summed E-state index contributed by atoms with van der Waals surface area (Å²) >= 11 is 0. The average Bonchev–Trinajstić information content (AvgIpc) is 3.10. The number of nitrogen functional groups attached to an aromatic ring is 1. The standard InChI is InChI=1S/C25H30N4O4/c1-24(2,3)32-22(30)29(23(31)33-25(4,5)6)21-27-19(16-11-8-7-9-12-16)20(28-21)17-13-10-14-18(26)15-17/h7-15H,26H2,1-6H3,(H,27,28). The van der Waals surface area contributed by atoms with Crippen LogP contribution in [0.1, 0.15) is 41.5 Å². The van der Waals surface area contributed by atoms with Crippen molar-refractivity contribution >= 4 is 23.8 Å². The minimum atomic E-state index is -0.899. The maximum atomic E-state index is 13.1. The van der Waals surface area contributed by atoms with Gasteiger partial charge in [0.1, 0.15) is 11.2 Å². The molecule has 3 rings (SSSR count). The first-order valence-electron chi connectivity index (χ1n) is 10.6. The molecular weight excluding hydrogens is 420 g/mol. The highest BCUT2D eigenvalue weighted by molar-refractivity contribution is 6.08. The molecule has 0 unspecified atom stereocenters. The molecule has 0 aliphatic heterocycles. The fourth-order valence-corrected chi connectivity index (χ4v) is 3.04. The Morgan fingerprint density at radius 1 is 0.848 bits per heavy atom. The number of carbonyl (C=O) groups is 2. The first-order valence-corrected chi connectivity index (χ1v) is 10.6. The lowest BCUT2D eigenvalue weighted by molar-refractivity contribution is 0.0427. The monoisotopic (exact) mass is 450 g/mol. The normalized spacial score (nSPS) is 11.7. The molecule has 0 bridgehead atoms. The summed E-state index contributed by atoms with van der Waals surface area (Å²) in [5.74, 6) is -0.0187. The second-order valence-corrected chi connectivity index (χ2v) is 9.57. The van der Waals surface area contributed by atoms with E-state index in [4.69, 9.17) is 15.2 Å². The van der Waals surface area contributed by atoms with Crippen molar-refractivity contribution < 1.29 is 19.1 Å². The zero-order chi connectivity index (χ0) is 24.4. The van der Waals surface area contributed by atoms with Crippen LogP contribution >= 0.6 is 0 Å². The molecule has 1 aromatic heterocycles. The number of nitrogens with two attached hydrogens (primary N) is 1. The molecule has 3 aromatic rings. The van der Waals surface area contributed by atoms with Crippen molar-refractivity contribution in [2.75, 3.05) is 10.6 Å². The Bertz CT molecular complexity index is 1110. The zero-order valence-corrected chi connectivity index (χ0v) is 19.8. The summed E-state index contributed by atoms with van der Waals surface area (Å²) < 4.78 is 11.0. The number of imidazole rings is 1. The molecule has 8 heteroatoms. The Balaban J connectivity index is 2.17. The van der Waals surface area contributed by atoms with Crippen LogP contribution in [0.25, 0.3) is 22.5 Å². The molecular formula is C25H30N4O4. The van der Waals surface area contributed by atoms with Crippen LogP contribution in [-0.2, 0) is 9.47 Å². The third-order valence-electron chi connectivity index (χ3n) is 4.28. The van der Waals surface area contributed by atoms with Gasteiger partial charge in [-0.25, -0.2) is 14.6 Å². The zero-order valence-electron chi connectivity index (χ0n) is 19.8. The summed E-state index contributed by atoms with van der Waals surface area (Å²) in [5, 5.41) is 0. The van der Waals surface area contributed by atoms with E-state index in [-0.39, 0.29) is 5.95 Å². The maximum absolute atomic E-state index is 13.1. The van der Waals surface area contributed by atoms with Crippen molar-refractivity contribution in [3.8, 4) is 22.5 Å². The van der Waals surface area contributed by atoms with Gasteiger partial charge in [-0.1, -0.05) is 42.5 Å². The van der Waals surface area contributed by atoms with Crippen molar-refractivity contribution in [1.82, 2.24) is 9.97 Å². The molecule has 3 N–H and O–H groups in total. The first-order chi connectivity index (χ1) is 15.3. The molecule has 0 spiro atoms. The number of amides is 2. The van der Waals surface area contributed by atoms with Crippen molar-refractivity contribution in [3.05, 3.63) is 54.6 Å². The van der Waals surface area contributed by atoms with Crippen LogP contribution in [0.15, 0.2) is 54.6 Å². The van der Waals surface area contributed by atoms with Crippen molar-refractivity contribution in [3.63, 3.8) is 0 Å². The number of ether oxygens (including phenoxy) is 2. The smallest absolute Gasteiger partial charge is 0.427 e. The Labute approximate surface area is 193 Å². The molecule has 0 aliphatic carbocycles. The van der Waals surface area contributed by atoms with Crippen LogP contribution < -0.4 is 10.6 Å². The number of H-pyrrole nitrogens is 1. The number of imide groups is 1. The molecule has 0 atom stereocenters. The maximum Gasteiger partial charge on any atom is 0.427 e. The fourth-order valence-electron chi connectivity index (χ4n) is 3.04. The molecule has 0 saturated carbocycles. The summed E-state index contributed by atoms with van der Waals surface area (Å²) in [6, 6.07) is 16.7. The molecule has 2 amide bonds. The predicted molar refractivity (Wildman–Crippen MR) is 129 cm³/mol. The number of hydrogen-bond donors (Lipinski definition) is 2. The van der Waals surface area contributed by atoms with Gasteiger partial charge in [-0.3, -0.25) is 0 Å². The van der Waals surface area contributed by atoms with Gasteiger partial charge < -0.3 is 20.2 Å². The van der Waals surface area contributed by atoms with E-state index in [9.17, 15) is 9.59 Å². The number of aromatic amines is 1. The van der Waals surface area contributed by atoms with Gasteiger partial charge in [0.25, 0.3) is 0 Å². The average molecular weight is 451 g/mol. The van der Waals surface area contributed by atoms with Gasteiger partial charge in [0.15, 0.2) is 0 Å². The molecule has 2 aromatic carbocycles. The Hall–Kier alpha value is -3.81. The molecule has 0 fully saturated rings.